The van der Waals surface area contributed by atoms with Crippen LogP contribution in [0, 0.1) is 0 Å². The van der Waals surface area contributed by atoms with Gasteiger partial charge in [-0.2, -0.15) is 0 Å². The summed E-state index contributed by atoms with van der Waals surface area (Å²) in [5, 5.41) is 4.75. The van der Waals surface area contributed by atoms with E-state index in [-0.39, 0.29) is 5.91 Å². The van der Waals surface area contributed by atoms with Gasteiger partial charge in [-0.05, 0) is 37.7 Å². The first-order valence-electron chi connectivity index (χ1n) is 6.05. The van der Waals surface area contributed by atoms with Crippen molar-refractivity contribution in [2.45, 2.75) is 0 Å². The quantitative estimate of drug-likeness (QED) is 0.939. The van der Waals surface area contributed by atoms with Crippen molar-refractivity contribution in [2.75, 3.05) is 27.2 Å². The van der Waals surface area contributed by atoms with Crippen LogP contribution in [0.3, 0.4) is 0 Å². The number of nitrogens with zero attached hydrogens (tertiary/aromatic N) is 2. The molecule has 1 aromatic carbocycles. The third kappa shape index (κ3) is 3.52. The third-order valence-electron chi connectivity index (χ3n) is 2.79. The molecule has 5 heteroatoms. The molecule has 2 aromatic rings. The Balaban J connectivity index is 2.24. The second-order valence-corrected chi connectivity index (χ2v) is 5.50. The molecule has 100 valence electrons. The topological polar surface area (TPSA) is 45.2 Å². The molecule has 1 heterocycles. The molecule has 0 unspecified atom stereocenters. The Morgan fingerprint density at radius 1 is 1.37 bits per heavy atom. The van der Waals surface area contributed by atoms with E-state index in [1.807, 2.05) is 43.3 Å². The average Bonchev–Trinajstić information content (AvgIpc) is 2.37. The molecule has 0 aliphatic rings. The first-order chi connectivity index (χ1) is 9.08. The van der Waals surface area contributed by atoms with Crippen LogP contribution in [0.25, 0.3) is 10.8 Å². The molecular weight excluding hydrogens is 306 g/mol. The van der Waals surface area contributed by atoms with Gasteiger partial charge in [0.05, 0.1) is 0 Å². The Morgan fingerprint density at radius 2 is 2.16 bits per heavy atom. The van der Waals surface area contributed by atoms with Crippen molar-refractivity contribution in [3.63, 3.8) is 0 Å². The van der Waals surface area contributed by atoms with Crippen molar-refractivity contribution >= 4 is 32.6 Å². The van der Waals surface area contributed by atoms with Gasteiger partial charge >= 0.3 is 0 Å². The van der Waals surface area contributed by atoms with Crippen LogP contribution in [0.1, 0.15) is 10.5 Å². The van der Waals surface area contributed by atoms with Gasteiger partial charge in [-0.3, -0.25) is 9.78 Å². The summed E-state index contributed by atoms with van der Waals surface area (Å²) in [5.41, 5.74) is 0.470. The highest BCUT2D eigenvalue weighted by Crippen LogP contribution is 2.21. The molecule has 1 aromatic heterocycles. The van der Waals surface area contributed by atoms with Crippen LogP contribution in [-0.4, -0.2) is 43.0 Å². The van der Waals surface area contributed by atoms with Gasteiger partial charge in [-0.25, -0.2) is 0 Å². The summed E-state index contributed by atoms with van der Waals surface area (Å²) in [6.07, 6.45) is 1.66. The van der Waals surface area contributed by atoms with E-state index in [0.29, 0.717) is 12.2 Å². The van der Waals surface area contributed by atoms with Crippen LogP contribution in [0.2, 0.25) is 0 Å². The smallest absolute Gasteiger partial charge is 0.270 e. The number of hydrogen-bond donors (Lipinski definition) is 1. The Labute approximate surface area is 120 Å². The van der Waals surface area contributed by atoms with Crippen LogP contribution < -0.4 is 5.32 Å². The number of nitrogens with one attached hydrogen (secondary N) is 1. The number of carbonyl (C=O) groups is 1. The second-order valence-electron chi connectivity index (χ2n) is 4.58. The van der Waals surface area contributed by atoms with Crippen LogP contribution in [-0.2, 0) is 0 Å². The minimum Gasteiger partial charge on any atom is -0.349 e. The number of carbonyl (C=O) groups excluding carboxylic acids is 1. The summed E-state index contributed by atoms with van der Waals surface area (Å²) < 4.78 is 0.940. The number of halogens is 1. The molecule has 19 heavy (non-hydrogen) atoms. The highest BCUT2D eigenvalue weighted by atomic mass is 79.9. The molecule has 0 atom stereocenters. The normalized spacial score (nSPS) is 10.9. The van der Waals surface area contributed by atoms with Crippen molar-refractivity contribution < 1.29 is 4.79 Å². The van der Waals surface area contributed by atoms with E-state index in [2.05, 4.69) is 26.2 Å². The molecule has 0 saturated heterocycles. The van der Waals surface area contributed by atoms with E-state index in [1.165, 1.54) is 0 Å². The third-order valence-corrected chi connectivity index (χ3v) is 3.28. The van der Waals surface area contributed by atoms with Gasteiger partial charge in [0.1, 0.15) is 5.69 Å². The fourth-order valence-electron chi connectivity index (χ4n) is 1.80. The maximum absolute atomic E-state index is 12.1. The van der Waals surface area contributed by atoms with Crippen molar-refractivity contribution in [3.8, 4) is 0 Å². The van der Waals surface area contributed by atoms with Crippen molar-refractivity contribution in [3.05, 3.63) is 40.6 Å². The lowest BCUT2D eigenvalue weighted by Gasteiger charge is -2.11. The maximum atomic E-state index is 12.1. The number of amides is 1. The predicted molar refractivity (Wildman–Crippen MR) is 80.3 cm³/mol. The summed E-state index contributed by atoms with van der Waals surface area (Å²) in [5.74, 6) is -0.134. The Kier molecular flexibility index (Phi) is 4.50. The SMILES string of the molecule is CN(C)CCNC(=O)c1nccc2ccc(Br)cc12. The number of hydrogen-bond acceptors (Lipinski definition) is 3. The van der Waals surface area contributed by atoms with Gasteiger partial charge in [0, 0.05) is 29.1 Å². The molecule has 1 N–H and O–H groups in total. The van der Waals surface area contributed by atoms with Gasteiger partial charge in [0.2, 0.25) is 0 Å². The van der Waals surface area contributed by atoms with Crippen molar-refractivity contribution in [1.82, 2.24) is 15.2 Å². The van der Waals surface area contributed by atoms with E-state index in [0.717, 1.165) is 21.8 Å². The fraction of sp³-hybridized carbons (Fsp3) is 0.286. The number of benzene rings is 1. The summed E-state index contributed by atoms with van der Waals surface area (Å²) >= 11 is 3.42. The summed E-state index contributed by atoms with van der Waals surface area (Å²) in [7, 11) is 3.94. The molecule has 0 fully saturated rings. The van der Waals surface area contributed by atoms with Gasteiger partial charge in [0.25, 0.3) is 5.91 Å². The monoisotopic (exact) mass is 321 g/mol. The zero-order valence-corrected chi connectivity index (χ0v) is 12.6. The summed E-state index contributed by atoms with van der Waals surface area (Å²) in [6, 6.07) is 7.75. The number of pyridine rings is 1. The molecule has 0 spiro atoms. The van der Waals surface area contributed by atoms with E-state index in [9.17, 15) is 4.79 Å². The van der Waals surface area contributed by atoms with Crippen molar-refractivity contribution in [1.29, 1.82) is 0 Å². The number of fused-ring (bicyclic) bond motifs is 1. The van der Waals surface area contributed by atoms with E-state index in [1.54, 1.807) is 6.20 Å². The lowest BCUT2D eigenvalue weighted by molar-refractivity contribution is 0.0948. The molecule has 0 bridgehead atoms. The Hall–Kier alpha value is -1.46. The summed E-state index contributed by atoms with van der Waals surface area (Å²) in [6.45, 7) is 1.41. The van der Waals surface area contributed by atoms with Crippen molar-refractivity contribution in [2.24, 2.45) is 0 Å². The van der Waals surface area contributed by atoms with Gasteiger partial charge in [-0.15, -0.1) is 0 Å². The first kappa shape index (κ1) is 14.0. The lowest BCUT2D eigenvalue weighted by Crippen LogP contribution is -2.31. The highest BCUT2D eigenvalue weighted by Gasteiger charge is 2.11. The standard InChI is InChI=1S/C14H16BrN3O/c1-18(2)8-7-17-14(19)13-12-9-11(15)4-3-10(12)5-6-16-13/h3-6,9H,7-8H2,1-2H3,(H,17,19). The number of aromatic nitrogens is 1. The second kappa shape index (κ2) is 6.12. The van der Waals surface area contributed by atoms with Gasteiger partial charge in [0.15, 0.2) is 0 Å². The minimum atomic E-state index is -0.134. The van der Waals surface area contributed by atoms with Crippen LogP contribution in [0.15, 0.2) is 34.9 Å². The van der Waals surface area contributed by atoms with Gasteiger partial charge in [-0.1, -0.05) is 22.0 Å². The fourth-order valence-corrected chi connectivity index (χ4v) is 2.16. The largest absolute Gasteiger partial charge is 0.349 e. The van der Waals surface area contributed by atoms with Crippen LogP contribution >= 0.6 is 15.9 Å². The zero-order chi connectivity index (χ0) is 13.8. The molecule has 0 aliphatic heterocycles. The lowest BCUT2D eigenvalue weighted by atomic mass is 10.1. The maximum Gasteiger partial charge on any atom is 0.270 e. The average molecular weight is 322 g/mol. The predicted octanol–water partition coefficient (Wildman–Crippen LogP) is 2.29. The number of likely N-dealkylation sites (N-methyl/N-ethyl adjacent to an activating group) is 1. The zero-order valence-electron chi connectivity index (χ0n) is 11.0. The Morgan fingerprint density at radius 3 is 2.89 bits per heavy atom. The van der Waals surface area contributed by atoms with E-state index in [4.69, 9.17) is 0 Å². The molecule has 1 amide bonds. The number of rotatable bonds is 4. The van der Waals surface area contributed by atoms with E-state index >= 15 is 0 Å². The van der Waals surface area contributed by atoms with Crippen LogP contribution in [0.4, 0.5) is 0 Å². The van der Waals surface area contributed by atoms with Crippen LogP contribution in [0.5, 0.6) is 0 Å². The Bertz CT molecular complexity index is 598. The molecular formula is C14H16BrN3O. The molecule has 0 radical (unpaired) electrons. The molecule has 0 saturated carbocycles. The summed E-state index contributed by atoms with van der Waals surface area (Å²) in [4.78, 5) is 18.4. The minimum absolute atomic E-state index is 0.134. The molecule has 4 nitrogen and oxygen atoms in total. The first-order valence-corrected chi connectivity index (χ1v) is 6.84. The highest BCUT2D eigenvalue weighted by molar-refractivity contribution is 9.10. The van der Waals surface area contributed by atoms with E-state index < -0.39 is 0 Å². The molecule has 2 rings (SSSR count). The molecule has 0 aliphatic carbocycles. The van der Waals surface area contributed by atoms with Gasteiger partial charge < -0.3 is 10.2 Å².